The summed E-state index contributed by atoms with van der Waals surface area (Å²) in [6, 6.07) is -0.0447. The second-order valence-electron chi connectivity index (χ2n) is 4.98. The molecule has 0 amide bonds. The zero-order valence-corrected chi connectivity index (χ0v) is 9.28. The maximum absolute atomic E-state index is 9.12. The molecule has 2 heterocycles. The minimum absolute atomic E-state index is 0.0447. The fraction of sp³-hybridized carbons (Fsp3) is 1.00. The molecule has 2 fully saturated rings. The van der Waals surface area contributed by atoms with E-state index in [1.807, 2.05) is 0 Å². The van der Waals surface area contributed by atoms with E-state index in [9.17, 15) is 0 Å². The van der Waals surface area contributed by atoms with Crippen LogP contribution in [-0.4, -0.2) is 60.5 Å². The fourth-order valence-electron chi connectivity index (χ4n) is 2.87. The number of nitrogens with zero attached hydrogens (tertiary/aromatic N) is 1. The molecule has 0 unspecified atom stereocenters. The van der Waals surface area contributed by atoms with E-state index in [0.29, 0.717) is 5.41 Å². The largest absolute Gasteiger partial charge is 0.395 e. The van der Waals surface area contributed by atoms with Crippen molar-refractivity contribution < 1.29 is 10.2 Å². The smallest absolute Gasteiger partial charge is 0.0609 e. The molecule has 2 rings (SSSR count). The van der Waals surface area contributed by atoms with Gasteiger partial charge in [0.05, 0.1) is 19.3 Å². The van der Waals surface area contributed by atoms with Crippen LogP contribution >= 0.6 is 0 Å². The van der Waals surface area contributed by atoms with Crippen molar-refractivity contribution in [3.63, 3.8) is 0 Å². The Morgan fingerprint density at radius 3 is 2.27 bits per heavy atom. The van der Waals surface area contributed by atoms with Gasteiger partial charge in [-0.25, -0.2) is 0 Å². The molecule has 2 aliphatic rings. The van der Waals surface area contributed by atoms with Gasteiger partial charge in [-0.3, -0.25) is 4.90 Å². The highest BCUT2D eigenvalue weighted by molar-refractivity contribution is 4.93. The van der Waals surface area contributed by atoms with Gasteiger partial charge in [0, 0.05) is 6.54 Å². The first-order chi connectivity index (χ1) is 7.29. The lowest BCUT2D eigenvalue weighted by molar-refractivity contribution is 0.0285. The number of piperidine rings is 1. The average Bonchev–Trinajstić information content (AvgIpc) is 2.72. The lowest BCUT2D eigenvalue weighted by Gasteiger charge is -2.41. The summed E-state index contributed by atoms with van der Waals surface area (Å²) in [6.07, 6.45) is 3.71. The molecule has 2 aliphatic heterocycles. The maximum Gasteiger partial charge on any atom is 0.0609 e. The van der Waals surface area contributed by atoms with Crippen molar-refractivity contribution in [3.05, 3.63) is 0 Å². The molecule has 2 saturated heterocycles. The molecule has 0 aromatic heterocycles. The van der Waals surface area contributed by atoms with E-state index < -0.39 is 0 Å². The molecule has 0 saturated carbocycles. The summed E-state index contributed by atoms with van der Waals surface area (Å²) in [5.74, 6) is 0. The Morgan fingerprint density at radius 1 is 1.13 bits per heavy atom. The van der Waals surface area contributed by atoms with Gasteiger partial charge in [-0.05, 0) is 44.3 Å². The lowest BCUT2D eigenvalue weighted by atomic mass is 9.77. The van der Waals surface area contributed by atoms with E-state index >= 15 is 0 Å². The highest BCUT2D eigenvalue weighted by Crippen LogP contribution is 2.37. The van der Waals surface area contributed by atoms with Crippen molar-refractivity contribution in [3.8, 4) is 0 Å². The minimum Gasteiger partial charge on any atom is -0.395 e. The van der Waals surface area contributed by atoms with E-state index in [-0.39, 0.29) is 19.3 Å². The standard InChI is InChI=1S/C11H22N2O2/c14-7-10(8-15)13-5-2-11(3-6-13)1-4-12-9-11/h10,12,14-15H,1-9H2. The normalized spacial score (nSPS) is 26.6. The third kappa shape index (κ3) is 2.33. The molecule has 0 radical (unpaired) electrons. The van der Waals surface area contributed by atoms with Crippen LogP contribution in [0.15, 0.2) is 0 Å². The zero-order valence-electron chi connectivity index (χ0n) is 9.28. The Morgan fingerprint density at radius 2 is 1.80 bits per heavy atom. The molecule has 1 spiro atoms. The third-order valence-electron chi connectivity index (χ3n) is 4.13. The molecule has 4 heteroatoms. The summed E-state index contributed by atoms with van der Waals surface area (Å²) in [5.41, 5.74) is 0.520. The van der Waals surface area contributed by atoms with Crippen LogP contribution in [0.4, 0.5) is 0 Å². The summed E-state index contributed by atoms with van der Waals surface area (Å²) >= 11 is 0. The molecule has 0 bridgehead atoms. The number of rotatable bonds is 3. The van der Waals surface area contributed by atoms with Gasteiger partial charge in [-0.2, -0.15) is 0 Å². The van der Waals surface area contributed by atoms with Crippen LogP contribution in [0.25, 0.3) is 0 Å². The van der Waals surface area contributed by atoms with Gasteiger partial charge in [0.1, 0.15) is 0 Å². The minimum atomic E-state index is -0.0447. The van der Waals surface area contributed by atoms with Crippen molar-refractivity contribution in [1.29, 1.82) is 0 Å². The topological polar surface area (TPSA) is 55.7 Å². The summed E-state index contributed by atoms with van der Waals surface area (Å²) in [7, 11) is 0. The van der Waals surface area contributed by atoms with Gasteiger partial charge in [0.15, 0.2) is 0 Å². The molecular formula is C11H22N2O2. The predicted octanol–water partition coefficient (Wildman–Crippen LogP) is -0.585. The van der Waals surface area contributed by atoms with E-state index in [2.05, 4.69) is 10.2 Å². The number of likely N-dealkylation sites (tertiary alicyclic amines) is 1. The monoisotopic (exact) mass is 214 g/mol. The molecule has 0 atom stereocenters. The zero-order chi connectivity index (χ0) is 10.7. The number of nitrogens with one attached hydrogen (secondary N) is 1. The highest BCUT2D eigenvalue weighted by atomic mass is 16.3. The molecule has 0 aromatic carbocycles. The first kappa shape index (κ1) is 11.3. The average molecular weight is 214 g/mol. The van der Waals surface area contributed by atoms with Gasteiger partial charge in [-0.1, -0.05) is 0 Å². The molecule has 0 aliphatic carbocycles. The van der Waals surface area contributed by atoms with Crippen molar-refractivity contribution in [2.75, 3.05) is 39.4 Å². The second-order valence-corrected chi connectivity index (χ2v) is 4.98. The number of aliphatic hydroxyl groups is 2. The first-order valence-corrected chi connectivity index (χ1v) is 5.96. The quantitative estimate of drug-likeness (QED) is 0.588. The van der Waals surface area contributed by atoms with Crippen molar-refractivity contribution in [1.82, 2.24) is 10.2 Å². The Bertz CT molecular complexity index is 191. The molecule has 88 valence electrons. The molecule has 3 N–H and O–H groups in total. The van der Waals surface area contributed by atoms with E-state index in [1.54, 1.807) is 0 Å². The van der Waals surface area contributed by atoms with E-state index in [4.69, 9.17) is 10.2 Å². The van der Waals surface area contributed by atoms with E-state index in [0.717, 1.165) is 26.2 Å². The third-order valence-corrected chi connectivity index (χ3v) is 4.13. The maximum atomic E-state index is 9.12. The van der Waals surface area contributed by atoms with Gasteiger partial charge in [0.25, 0.3) is 0 Å². The van der Waals surface area contributed by atoms with Crippen LogP contribution in [0.2, 0.25) is 0 Å². The number of hydrogen-bond donors (Lipinski definition) is 3. The van der Waals surface area contributed by atoms with Gasteiger partial charge < -0.3 is 15.5 Å². The summed E-state index contributed by atoms with van der Waals surface area (Å²) < 4.78 is 0. The van der Waals surface area contributed by atoms with Crippen LogP contribution in [0.5, 0.6) is 0 Å². The van der Waals surface area contributed by atoms with E-state index in [1.165, 1.54) is 19.3 Å². The Balaban J connectivity index is 1.85. The van der Waals surface area contributed by atoms with Crippen molar-refractivity contribution in [2.45, 2.75) is 25.3 Å². The summed E-state index contributed by atoms with van der Waals surface area (Å²) in [5, 5.41) is 21.7. The first-order valence-electron chi connectivity index (χ1n) is 5.96. The van der Waals surface area contributed by atoms with Crippen LogP contribution in [-0.2, 0) is 0 Å². The Labute approximate surface area is 91.3 Å². The summed E-state index contributed by atoms with van der Waals surface area (Å²) in [4.78, 5) is 2.23. The number of hydrogen-bond acceptors (Lipinski definition) is 4. The fourth-order valence-corrected chi connectivity index (χ4v) is 2.87. The second kappa shape index (κ2) is 4.78. The van der Waals surface area contributed by atoms with Crippen LogP contribution in [0.3, 0.4) is 0 Å². The molecule has 0 aromatic rings. The lowest BCUT2D eigenvalue weighted by Crippen LogP contribution is -2.48. The molecular weight excluding hydrogens is 192 g/mol. The Hall–Kier alpha value is -0.160. The van der Waals surface area contributed by atoms with Gasteiger partial charge in [-0.15, -0.1) is 0 Å². The molecule has 15 heavy (non-hydrogen) atoms. The van der Waals surface area contributed by atoms with Crippen LogP contribution in [0, 0.1) is 5.41 Å². The Kier molecular flexibility index (Phi) is 3.61. The van der Waals surface area contributed by atoms with Crippen molar-refractivity contribution in [2.24, 2.45) is 5.41 Å². The molecule has 4 nitrogen and oxygen atoms in total. The SMILES string of the molecule is OCC(CO)N1CCC2(CCNC2)CC1. The van der Waals surface area contributed by atoms with Gasteiger partial charge >= 0.3 is 0 Å². The highest BCUT2D eigenvalue weighted by Gasteiger charge is 2.38. The van der Waals surface area contributed by atoms with Crippen LogP contribution in [0.1, 0.15) is 19.3 Å². The van der Waals surface area contributed by atoms with Gasteiger partial charge in [0.2, 0.25) is 0 Å². The summed E-state index contributed by atoms with van der Waals surface area (Å²) in [6.45, 7) is 4.50. The van der Waals surface area contributed by atoms with Crippen molar-refractivity contribution >= 4 is 0 Å². The predicted molar refractivity (Wildman–Crippen MR) is 58.7 cm³/mol. The van der Waals surface area contributed by atoms with Crippen LogP contribution < -0.4 is 5.32 Å². The number of aliphatic hydroxyl groups excluding tert-OH is 2.